The number of fused-ring (bicyclic) bond motifs is 1. The normalized spacial score (nSPS) is 32.1. The maximum atomic E-state index is 12.3. The lowest BCUT2D eigenvalue weighted by Crippen LogP contribution is -2.40. The van der Waals surface area contributed by atoms with Crippen LogP contribution in [-0.2, 0) is 14.3 Å². The molecule has 0 aromatic rings. The van der Waals surface area contributed by atoms with Gasteiger partial charge in [0, 0.05) is 13.3 Å². The molecule has 4 heteroatoms. The molecule has 0 heterocycles. The molecule has 5 atom stereocenters. The molecule has 0 radical (unpaired) electrons. The lowest BCUT2D eigenvalue weighted by Gasteiger charge is -2.39. The summed E-state index contributed by atoms with van der Waals surface area (Å²) in [7, 11) is 0. The van der Waals surface area contributed by atoms with Crippen LogP contribution >= 0.6 is 0 Å². The molecule has 4 nitrogen and oxygen atoms in total. The Morgan fingerprint density at radius 3 is 2.73 bits per heavy atom. The zero-order chi connectivity index (χ0) is 19.7. The first-order valence-electron chi connectivity index (χ1n) is 9.71. The van der Waals surface area contributed by atoms with Crippen molar-refractivity contribution >= 4 is 11.8 Å². The highest BCUT2D eigenvalue weighted by atomic mass is 16.5. The van der Waals surface area contributed by atoms with Gasteiger partial charge in [-0.05, 0) is 81.3 Å². The molecule has 2 aliphatic rings. The van der Waals surface area contributed by atoms with Crippen molar-refractivity contribution in [1.82, 2.24) is 0 Å². The first kappa shape index (κ1) is 20.9. The van der Waals surface area contributed by atoms with Crippen molar-refractivity contribution in [2.45, 2.75) is 84.8 Å². The predicted molar refractivity (Wildman–Crippen MR) is 103 cm³/mol. The van der Waals surface area contributed by atoms with Crippen LogP contribution in [-0.4, -0.2) is 28.6 Å². The van der Waals surface area contributed by atoms with Crippen LogP contribution in [0.1, 0.15) is 73.1 Å². The van der Waals surface area contributed by atoms with Crippen molar-refractivity contribution in [3.8, 4) is 0 Å². The van der Waals surface area contributed by atoms with E-state index in [0.717, 1.165) is 30.4 Å². The number of hydrogen-bond acceptors (Lipinski definition) is 4. The van der Waals surface area contributed by atoms with E-state index in [9.17, 15) is 14.7 Å². The summed E-state index contributed by atoms with van der Waals surface area (Å²) in [6.45, 7) is 13.2. The zero-order valence-corrected chi connectivity index (χ0v) is 16.9. The van der Waals surface area contributed by atoms with Crippen LogP contribution in [0.4, 0.5) is 0 Å². The molecule has 0 amide bonds. The molecule has 2 aliphatic carbocycles. The number of carbonyl (C=O) groups is 2. The Hall–Kier alpha value is -1.42. The summed E-state index contributed by atoms with van der Waals surface area (Å²) < 4.78 is 5.34. The van der Waals surface area contributed by atoms with Gasteiger partial charge in [0.1, 0.15) is 6.10 Å². The molecule has 0 aromatic carbocycles. The Balaban J connectivity index is 2.12. The first-order chi connectivity index (χ1) is 12.0. The third kappa shape index (κ3) is 4.46. The second-order valence-corrected chi connectivity index (χ2v) is 8.97. The number of aliphatic hydroxyl groups is 1. The van der Waals surface area contributed by atoms with E-state index in [1.807, 2.05) is 20.8 Å². The minimum atomic E-state index is -0.856. The molecule has 146 valence electrons. The van der Waals surface area contributed by atoms with E-state index < -0.39 is 5.60 Å². The van der Waals surface area contributed by atoms with Crippen molar-refractivity contribution < 1.29 is 19.4 Å². The van der Waals surface area contributed by atoms with Gasteiger partial charge in [-0.1, -0.05) is 19.6 Å². The number of Topliss-reactive ketones (excluding diaryl/α,β-unsaturated/α-hetero) is 1. The van der Waals surface area contributed by atoms with E-state index in [0.29, 0.717) is 25.2 Å². The Labute approximate surface area is 157 Å². The van der Waals surface area contributed by atoms with E-state index in [1.54, 1.807) is 0 Å². The summed E-state index contributed by atoms with van der Waals surface area (Å²) in [5.74, 6) is 0.364. The number of esters is 1. The van der Waals surface area contributed by atoms with Crippen LogP contribution < -0.4 is 0 Å². The molecular formula is C22H34O4. The summed E-state index contributed by atoms with van der Waals surface area (Å²) in [5, 5.41) is 11.3. The maximum absolute atomic E-state index is 12.3. The van der Waals surface area contributed by atoms with Crippen molar-refractivity contribution in [3.05, 3.63) is 23.8 Å². The number of ketones is 1. The molecule has 1 saturated carbocycles. The third-order valence-corrected chi connectivity index (χ3v) is 6.66. The zero-order valence-electron chi connectivity index (χ0n) is 16.9. The number of rotatable bonds is 6. The number of hydrogen-bond donors (Lipinski definition) is 1. The Morgan fingerprint density at radius 1 is 1.50 bits per heavy atom. The van der Waals surface area contributed by atoms with Crippen LogP contribution in [0, 0.1) is 17.3 Å². The predicted octanol–water partition coefficient (Wildman–Crippen LogP) is 4.37. The number of allylic oxidation sites excluding steroid dienone is 2. The fourth-order valence-electron chi connectivity index (χ4n) is 4.91. The number of ether oxygens (including phenoxy) is 1. The fraction of sp³-hybridized carbons (Fsp3) is 0.727. The Kier molecular flexibility index (Phi) is 6.17. The summed E-state index contributed by atoms with van der Waals surface area (Å²) in [6, 6.07) is 0. The van der Waals surface area contributed by atoms with Gasteiger partial charge in [0.25, 0.3) is 0 Å². The average molecular weight is 363 g/mol. The van der Waals surface area contributed by atoms with Crippen LogP contribution in [0.5, 0.6) is 0 Å². The second-order valence-electron chi connectivity index (χ2n) is 8.97. The van der Waals surface area contributed by atoms with E-state index in [1.165, 1.54) is 6.92 Å². The molecular weight excluding hydrogens is 328 g/mol. The molecule has 0 saturated heterocycles. The van der Waals surface area contributed by atoms with Gasteiger partial charge in [0.2, 0.25) is 0 Å². The SMILES string of the molecule is C=C(C)C(CCC(C)(O)C1CCC2(C)CC(=O)C(C)=CCC12)OC(C)=O. The van der Waals surface area contributed by atoms with Crippen LogP contribution in [0.2, 0.25) is 0 Å². The van der Waals surface area contributed by atoms with E-state index >= 15 is 0 Å². The summed E-state index contributed by atoms with van der Waals surface area (Å²) >= 11 is 0. The minimum absolute atomic E-state index is 0.0381. The highest BCUT2D eigenvalue weighted by molar-refractivity contribution is 5.95. The largest absolute Gasteiger partial charge is 0.458 e. The van der Waals surface area contributed by atoms with Gasteiger partial charge in [-0.3, -0.25) is 9.59 Å². The van der Waals surface area contributed by atoms with Crippen LogP contribution in [0.15, 0.2) is 23.8 Å². The molecule has 26 heavy (non-hydrogen) atoms. The van der Waals surface area contributed by atoms with Gasteiger partial charge in [-0.2, -0.15) is 0 Å². The van der Waals surface area contributed by atoms with Gasteiger partial charge in [-0.15, -0.1) is 0 Å². The van der Waals surface area contributed by atoms with Crippen LogP contribution in [0.25, 0.3) is 0 Å². The molecule has 5 unspecified atom stereocenters. The minimum Gasteiger partial charge on any atom is -0.458 e. The van der Waals surface area contributed by atoms with Gasteiger partial charge in [-0.25, -0.2) is 0 Å². The van der Waals surface area contributed by atoms with Crippen LogP contribution in [0.3, 0.4) is 0 Å². The smallest absolute Gasteiger partial charge is 0.303 e. The van der Waals surface area contributed by atoms with Crippen molar-refractivity contribution in [2.75, 3.05) is 0 Å². The molecule has 0 bridgehead atoms. The molecule has 0 spiro atoms. The summed E-state index contributed by atoms with van der Waals surface area (Å²) in [6.07, 6.45) is 6.14. The van der Waals surface area contributed by atoms with Crippen molar-refractivity contribution in [2.24, 2.45) is 17.3 Å². The van der Waals surface area contributed by atoms with E-state index in [4.69, 9.17) is 4.74 Å². The average Bonchev–Trinajstić information content (AvgIpc) is 2.80. The standard InChI is InChI=1S/C22H34O4/c1-14(2)20(26-16(4)23)10-12-22(6,25)18-9-11-21(5)13-19(24)15(3)7-8-17(18)21/h7,17-18,20,25H,1,8-13H2,2-6H3. The van der Waals surface area contributed by atoms with Gasteiger partial charge >= 0.3 is 5.97 Å². The highest BCUT2D eigenvalue weighted by Crippen LogP contribution is 2.56. The Morgan fingerprint density at radius 2 is 2.15 bits per heavy atom. The quantitative estimate of drug-likeness (QED) is 0.563. The highest BCUT2D eigenvalue weighted by Gasteiger charge is 2.52. The van der Waals surface area contributed by atoms with Crippen molar-refractivity contribution in [1.29, 1.82) is 0 Å². The lowest BCUT2D eigenvalue weighted by atomic mass is 9.68. The van der Waals surface area contributed by atoms with Gasteiger partial charge in [0.05, 0.1) is 5.60 Å². The lowest BCUT2D eigenvalue weighted by molar-refractivity contribution is -0.145. The van der Waals surface area contributed by atoms with E-state index in [-0.39, 0.29) is 29.2 Å². The molecule has 2 rings (SSSR count). The third-order valence-electron chi connectivity index (χ3n) is 6.66. The van der Waals surface area contributed by atoms with E-state index in [2.05, 4.69) is 19.6 Å². The fourth-order valence-corrected chi connectivity index (χ4v) is 4.91. The maximum Gasteiger partial charge on any atom is 0.303 e. The summed E-state index contributed by atoms with van der Waals surface area (Å²) in [4.78, 5) is 23.6. The molecule has 1 fully saturated rings. The van der Waals surface area contributed by atoms with Crippen molar-refractivity contribution in [3.63, 3.8) is 0 Å². The van der Waals surface area contributed by atoms with Gasteiger partial charge in [0.15, 0.2) is 5.78 Å². The molecule has 1 N–H and O–H groups in total. The van der Waals surface area contributed by atoms with Gasteiger partial charge < -0.3 is 9.84 Å². The molecule has 0 aliphatic heterocycles. The first-order valence-corrected chi connectivity index (χ1v) is 9.71. The second kappa shape index (κ2) is 7.67. The monoisotopic (exact) mass is 362 g/mol. The molecule has 0 aromatic heterocycles. The number of carbonyl (C=O) groups excluding carboxylic acids is 2. The summed E-state index contributed by atoms with van der Waals surface area (Å²) in [5.41, 5.74) is 0.761. The Bertz CT molecular complexity index is 616. The topological polar surface area (TPSA) is 63.6 Å².